The van der Waals surface area contributed by atoms with Gasteiger partial charge in [-0.3, -0.25) is 0 Å². The number of hydrogen-bond donors (Lipinski definition) is 0. The molecule has 1 fully saturated rings. The second kappa shape index (κ2) is 8.42. The molecule has 0 nitrogen and oxygen atoms in total. The third kappa shape index (κ3) is 3.91. The lowest BCUT2D eigenvalue weighted by atomic mass is 9.76. The second-order valence-corrected chi connectivity index (χ2v) is 5.67. The van der Waals surface area contributed by atoms with Crippen LogP contribution in [0.1, 0.15) is 39.0 Å². The predicted molar refractivity (Wildman–Crippen MR) is 85.8 cm³/mol. The summed E-state index contributed by atoms with van der Waals surface area (Å²) in [5, 5.41) is 2.29. The quantitative estimate of drug-likeness (QED) is 0.584. The summed E-state index contributed by atoms with van der Waals surface area (Å²) >= 11 is 1.81. The van der Waals surface area contributed by atoms with Crippen molar-refractivity contribution in [2.45, 2.75) is 39.0 Å². The Bertz CT molecular complexity index is 330. The number of thioether (sulfide) groups is 1. The Morgan fingerprint density at radius 2 is 1.94 bits per heavy atom. The summed E-state index contributed by atoms with van der Waals surface area (Å²) in [5.41, 5.74) is 3.04. The molecule has 0 heterocycles. The third-order valence-corrected chi connectivity index (χ3v) is 4.45. The molecule has 0 bridgehead atoms. The van der Waals surface area contributed by atoms with Crippen LogP contribution in [-0.4, -0.2) is 6.26 Å². The Labute approximate surface area is 117 Å². The van der Waals surface area contributed by atoms with Crippen LogP contribution in [0.2, 0.25) is 0 Å². The lowest BCUT2D eigenvalue weighted by Gasteiger charge is -2.28. The zero-order chi connectivity index (χ0) is 13.4. The maximum Gasteiger partial charge on any atom is 0.00521 e. The molecule has 0 saturated heterocycles. The minimum atomic E-state index is 0.712. The van der Waals surface area contributed by atoms with Gasteiger partial charge in [-0.2, -0.15) is 0 Å². The fourth-order valence-electron chi connectivity index (χ4n) is 3.04. The highest BCUT2D eigenvalue weighted by molar-refractivity contribution is 8.01. The minimum absolute atomic E-state index is 0.712. The monoisotopic (exact) mass is 262 g/mol. The average Bonchev–Trinajstić information content (AvgIpc) is 2.92. The van der Waals surface area contributed by atoms with E-state index < -0.39 is 0 Å². The Kier molecular flexibility index (Phi) is 7.19. The summed E-state index contributed by atoms with van der Waals surface area (Å²) in [6.07, 6.45) is 16.3. The van der Waals surface area contributed by atoms with Crippen LogP contribution in [0.5, 0.6) is 0 Å². The Morgan fingerprint density at radius 3 is 2.56 bits per heavy atom. The summed E-state index contributed by atoms with van der Waals surface area (Å²) in [4.78, 5) is 0. The zero-order valence-corrected chi connectivity index (χ0v) is 12.6. The molecule has 0 amide bonds. The molecular weight excluding hydrogens is 236 g/mol. The van der Waals surface area contributed by atoms with Crippen molar-refractivity contribution in [2.75, 3.05) is 6.26 Å². The van der Waals surface area contributed by atoms with Gasteiger partial charge in [0.25, 0.3) is 0 Å². The van der Waals surface area contributed by atoms with Crippen molar-refractivity contribution in [1.29, 1.82) is 0 Å². The molecule has 0 aromatic carbocycles. The van der Waals surface area contributed by atoms with Crippen LogP contribution in [0, 0.1) is 11.8 Å². The molecule has 100 valence electrons. The Balaban J connectivity index is 0.000000771. The standard InChI is InChI=1S/C15H22S.C2H4/c1-12(11-16-2)14-9-6-10-15(14)13-7-4-3-5-8-13;1-2/h6,9-11,13,15H,3-5,7-8H2,1-2H3;1-2H2/b12-11+;. The van der Waals surface area contributed by atoms with Crippen LogP contribution < -0.4 is 0 Å². The van der Waals surface area contributed by atoms with Crippen LogP contribution in [0.4, 0.5) is 0 Å². The highest BCUT2D eigenvalue weighted by atomic mass is 32.2. The van der Waals surface area contributed by atoms with Gasteiger partial charge in [-0.1, -0.05) is 37.5 Å². The van der Waals surface area contributed by atoms with E-state index in [0.717, 1.165) is 5.92 Å². The molecule has 2 aliphatic carbocycles. The fraction of sp³-hybridized carbons (Fsp3) is 0.529. The molecule has 1 saturated carbocycles. The lowest BCUT2D eigenvalue weighted by molar-refractivity contribution is 0.313. The first-order chi connectivity index (χ1) is 8.83. The average molecular weight is 262 g/mol. The molecular formula is C17H26S. The van der Waals surface area contributed by atoms with Crippen molar-refractivity contribution in [2.24, 2.45) is 11.8 Å². The van der Waals surface area contributed by atoms with Crippen molar-refractivity contribution >= 4 is 11.8 Å². The molecule has 2 rings (SSSR count). The van der Waals surface area contributed by atoms with Crippen LogP contribution in [0.3, 0.4) is 0 Å². The first-order valence-electron chi connectivity index (χ1n) is 6.91. The summed E-state index contributed by atoms with van der Waals surface area (Å²) in [5.74, 6) is 1.62. The molecule has 0 aromatic heterocycles. The van der Waals surface area contributed by atoms with Gasteiger partial charge in [0.05, 0.1) is 0 Å². The van der Waals surface area contributed by atoms with E-state index in [4.69, 9.17) is 0 Å². The summed E-state index contributed by atoms with van der Waals surface area (Å²) in [6, 6.07) is 0. The van der Waals surface area contributed by atoms with E-state index >= 15 is 0 Å². The van der Waals surface area contributed by atoms with Gasteiger partial charge in [-0.05, 0) is 48.5 Å². The normalized spacial score (nSPS) is 24.4. The molecule has 1 heteroatoms. The van der Waals surface area contributed by atoms with Gasteiger partial charge >= 0.3 is 0 Å². The summed E-state index contributed by atoms with van der Waals surface area (Å²) in [7, 11) is 0. The summed E-state index contributed by atoms with van der Waals surface area (Å²) in [6.45, 7) is 8.26. The Hall–Kier alpha value is -0.690. The van der Waals surface area contributed by atoms with Gasteiger partial charge in [0.15, 0.2) is 0 Å². The molecule has 0 N–H and O–H groups in total. The van der Waals surface area contributed by atoms with Crippen LogP contribution >= 0.6 is 11.8 Å². The molecule has 0 spiro atoms. The topological polar surface area (TPSA) is 0 Å². The Morgan fingerprint density at radius 1 is 1.28 bits per heavy atom. The molecule has 0 radical (unpaired) electrons. The van der Waals surface area contributed by atoms with Gasteiger partial charge in [-0.25, -0.2) is 0 Å². The fourth-order valence-corrected chi connectivity index (χ4v) is 3.53. The molecule has 1 atom stereocenters. The van der Waals surface area contributed by atoms with Gasteiger partial charge < -0.3 is 0 Å². The van der Waals surface area contributed by atoms with E-state index in [1.165, 1.54) is 37.7 Å². The molecule has 18 heavy (non-hydrogen) atoms. The van der Waals surface area contributed by atoms with E-state index in [-0.39, 0.29) is 0 Å². The number of rotatable bonds is 3. The van der Waals surface area contributed by atoms with Gasteiger partial charge in [0.2, 0.25) is 0 Å². The maximum atomic E-state index is 3.00. The van der Waals surface area contributed by atoms with Crippen molar-refractivity contribution in [3.63, 3.8) is 0 Å². The van der Waals surface area contributed by atoms with Gasteiger partial charge in [0, 0.05) is 5.92 Å². The largest absolute Gasteiger partial charge is 0.137 e. The first kappa shape index (κ1) is 15.4. The SMILES string of the molecule is C=C.CS/C=C(\C)C1=CC=CC1C1CCCCC1. The summed E-state index contributed by atoms with van der Waals surface area (Å²) < 4.78 is 0. The predicted octanol–water partition coefficient (Wildman–Crippen LogP) is 5.75. The van der Waals surface area contributed by atoms with E-state index in [2.05, 4.69) is 50.0 Å². The lowest BCUT2D eigenvalue weighted by Crippen LogP contribution is -2.17. The highest BCUT2D eigenvalue weighted by Gasteiger charge is 2.26. The van der Waals surface area contributed by atoms with Crippen LogP contribution in [0.25, 0.3) is 0 Å². The van der Waals surface area contributed by atoms with Crippen molar-refractivity contribution in [3.8, 4) is 0 Å². The second-order valence-electron chi connectivity index (χ2n) is 4.97. The van der Waals surface area contributed by atoms with Crippen LogP contribution in [0.15, 0.2) is 47.9 Å². The molecule has 0 aromatic rings. The van der Waals surface area contributed by atoms with Crippen molar-refractivity contribution in [3.05, 3.63) is 47.9 Å². The zero-order valence-electron chi connectivity index (χ0n) is 11.8. The van der Waals surface area contributed by atoms with E-state index in [9.17, 15) is 0 Å². The smallest absolute Gasteiger partial charge is 0.00521 e. The molecule has 0 aliphatic heterocycles. The molecule has 2 aliphatic rings. The van der Waals surface area contributed by atoms with Crippen molar-refractivity contribution < 1.29 is 0 Å². The first-order valence-corrected chi connectivity index (χ1v) is 8.20. The van der Waals surface area contributed by atoms with Crippen LogP contribution in [-0.2, 0) is 0 Å². The van der Waals surface area contributed by atoms with Gasteiger partial charge in [0.1, 0.15) is 0 Å². The third-order valence-electron chi connectivity index (χ3n) is 3.86. The maximum absolute atomic E-state index is 3.00. The van der Waals surface area contributed by atoms with E-state index in [0.29, 0.717) is 5.92 Å². The minimum Gasteiger partial charge on any atom is -0.137 e. The number of allylic oxidation sites excluding steroid dienone is 5. The van der Waals surface area contributed by atoms with Crippen molar-refractivity contribution in [1.82, 2.24) is 0 Å². The van der Waals surface area contributed by atoms with Gasteiger partial charge in [-0.15, -0.1) is 24.9 Å². The van der Waals surface area contributed by atoms with E-state index in [1.54, 1.807) is 5.57 Å². The number of hydrogen-bond acceptors (Lipinski definition) is 1. The highest BCUT2D eigenvalue weighted by Crippen LogP contribution is 2.39. The molecule has 1 unspecified atom stereocenters. The van der Waals surface area contributed by atoms with E-state index in [1.807, 2.05) is 11.8 Å².